The van der Waals surface area contributed by atoms with Crippen LogP contribution in [0, 0.1) is 0 Å². The zero-order chi connectivity index (χ0) is 24.3. The molecule has 176 valence electrons. The number of imide groups is 1. The molecule has 0 aliphatic heterocycles. The van der Waals surface area contributed by atoms with Crippen LogP contribution < -0.4 is 20.1 Å². The van der Waals surface area contributed by atoms with E-state index in [4.69, 9.17) is 9.47 Å². The first-order valence-corrected chi connectivity index (χ1v) is 11.3. The topological polar surface area (TPSA) is 76.7 Å². The molecule has 0 fully saturated rings. The summed E-state index contributed by atoms with van der Waals surface area (Å²) in [5, 5.41) is 5.10. The Morgan fingerprint density at radius 1 is 0.571 bits per heavy atom. The van der Waals surface area contributed by atoms with Gasteiger partial charge in [-0.25, -0.2) is 4.79 Å². The van der Waals surface area contributed by atoms with Crippen molar-refractivity contribution in [3.63, 3.8) is 0 Å². The van der Waals surface area contributed by atoms with E-state index in [0.717, 1.165) is 16.7 Å². The third kappa shape index (κ3) is 6.95. The molecular weight excluding hydrogens is 440 g/mol. The van der Waals surface area contributed by atoms with Gasteiger partial charge >= 0.3 is 6.03 Å². The molecule has 0 bridgehead atoms. The molecule has 2 N–H and O–H groups in total. The molecule has 4 rings (SSSR count). The molecule has 6 nitrogen and oxygen atoms in total. The summed E-state index contributed by atoms with van der Waals surface area (Å²) in [6, 6.07) is 33.3. The van der Waals surface area contributed by atoms with Gasteiger partial charge in [0.1, 0.15) is 30.3 Å². The molecule has 0 radical (unpaired) electrons. The van der Waals surface area contributed by atoms with Gasteiger partial charge in [-0.2, -0.15) is 0 Å². The Hall–Kier alpha value is -4.58. The third-order valence-electron chi connectivity index (χ3n) is 5.21. The summed E-state index contributed by atoms with van der Waals surface area (Å²) in [5.74, 6) is 0.0443. The van der Waals surface area contributed by atoms with Crippen molar-refractivity contribution < 1.29 is 19.1 Å². The molecule has 0 aromatic heterocycles. The van der Waals surface area contributed by atoms with Gasteiger partial charge in [0.05, 0.1) is 0 Å². The average Bonchev–Trinajstić information content (AvgIpc) is 2.91. The molecule has 0 unspecified atom stereocenters. The van der Waals surface area contributed by atoms with E-state index in [0.29, 0.717) is 18.0 Å². The highest BCUT2D eigenvalue weighted by molar-refractivity contribution is 6.07. The van der Waals surface area contributed by atoms with Crippen molar-refractivity contribution >= 4 is 11.9 Å². The molecule has 4 aromatic rings. The van der Waals surface area contributed by atoms with Crippen molar-refractivity contribution in [2.45, 2.75) is 19.8 Å². The number of nitrogens with one attached hydrogen (secondary N) is 2. The predicted molar refractivity (Wildman–Crippen MR) is 134 cm³/mol. The van der Waals surface area contributed by atoms with Crippen molar-refractivity contribution in [3.05, 3.63) is 131 Å². The maximum atomic E-state index is 13.2. The van der Waals surface area contributed by atoms with Crippen molar-refractivity contribution in [1.29, 1.82) is 0 Å². The van der Waals surface area contributed by atoms with E-state index in [1.165, 1.54) is 0 Å². The summed E-state index contributed by atoms with van der Waals surface area (Å²) in [6.45, 7) is 0.830. The summed E-state index contributed by atoms with van der Waals surface area (Å²) < 4.78 is 12.0. The number of urea groups is 1. The molecule has 6 heteroatoms. The molecule has 0 heterocycles. The largest absolute Gasteiger partial charge is 0.488 e. The smallest absolute Gasteiger partial charge is 0.321 e. The van der Waals surface area contributed by atoms with Crippen LogP contribution in [0.4, 0.5) is 4.79 Å². The van der Waals surface area contributed by atoms with Gasteiger partial charge in [-0.3, -0.25) is 10.1 Å². The zero-order valence-electron chi connectivity index (χ0n) is 19.1. The van der Waals surface area contributed by atoms with Crippen molar-refractivity contribution in [2.75, 3.05) is 0 Å². The lowest BCUT2D eigenvalue weighted by atomic mass is 10.1. The number of hydrogen-bond acceptors (Lipinski definition) is 4. The molecule has 0 aliphatic rings. The van der Waals surface area contributed by atoms with Crippen LogP contribution in [0.15, 0.2) is 109 Å². The van der Waals surface area contributed by atoms with Crippen molar-refractivity contribution in [2.24, 2.45) is 0 Å². The van der Waals surface area contributed by atoms with Crippen LogP contribution in [0.5, 0.6) is 11.5 Å². The van der Waals surface area contributed by atoms with E-state index in [1.54, 1.807) is 18.2 Å². The lowest BCUT2D eigenvalue weighted by Crippen LogP contribution is -2.39. The number of hydrogen-bond donors (Lipinski definition) is 2. The number of rotatable bonds is 9. The van der Waals surface area contributed by atoms with Crippen LogP contribution in [0.3, 0.4) is 0 Å². The van der Waals surface area contributed by atoms with Gasteiger partial charge in [0.2, 0.25) is 0 Å². The van der Waals surface area contributed by atoms with Gasteiger partial charge in [0, 0.05) is 6.54 Å². The third-order valence-corrected chi connectivity index (χ3v) is 5.21. The lowest BCUT2D eigenvalue weighted by Gasteiger charge is -2.16. The SMILES string of the molecule is O=C(NCc1ccccc1)NC(=O)c1c(OCc2ccccc2)cccc1OCc1ccccc1. The van der Waals surface area contributed by atoms with Crippen LogP contribution in [0.25, 0.3) is 0 Å². The maximum absolute atomic E-state index is 13.2. The second-order valence-electron chi connectivity index (χ2n) is 7.80. The minimum absolute atomic E-state index is 0.161. The Bertz CT molecular complexity index is 1180. The Labute approximate surface area is 204 Å². The van der Waals surface area contributed by atoms with E-state index in [9.17, 15) is 9.59 Å². The molecule has 0 spiro atoms. The first-order valence-electron chi connectivity index (χ1n) is 11.3. The monoisotopic (exact) mass is 466 g/mol. The second kappa shape index (κ2) is 12.0. The number of carbonyl (C=O) groups is 2. The molecule has 3 amide bonds. The van der Waals surface area contributed by atoms with Crippen LogP contribution >= 0.6 is 0 Å². The highest BCUT2D eigenvalue weighted by Crippen LogP contribution is 2.30. The summed E-state index contributed by atoms with van der Waals surface area (Å²) in [4.78, 5) is 25.7. The van der Waals surface area contributed by atoms with Gasteiger partial charge in [0.25, 0.3) is 5.91 Å². The lowest BCUT2D eigenvalue weighted by molar-refractivity contribution is 0.0954. The molecule has 0 saturated heterocycles. The Balaban J connectivity index is 1.50. The highest BCUT2D eigenvalue weighted by Gasteiger charge is 2.21. The second-order valence-corrected chi connectivity index (χ2v) is 7.80. The fourth-order valence-electron chi connectivity index (χ4n) is 3.43. The van der Waals surface area contributed by atoms with E-state index < -0.39 is 11.9 Å². The highest BCUT2D eigenvalue weighted by atomic mass is 16.5. The number of ether oxygens (including phenoxy) is 2. The van der Waals surface area contributed by atoms with Crippen LogP contribution in [0.1, 0.15) is 27.0 Å². The van der Waals surface area contributed by atoms with Gasteiger partial charge in [-0.05, 0) is 28.8 Å². The Kier molecular flexibility index (Phi) is 8.11. The number of amides is 3. The van der Waals surface area contributed by atoms with Gasteiger partial charge < -0.3 is 14.8 Å². The zero-order valence-corrected chi connectivity index (χ0v) is 19.1. The quantitative estimate of drug-likeness (QED) is 0.342. The van der Waals surface area contributed by atoms with Crippen molar-refractivity contribution in [1.82, 2.24) is 10.6 Å². The van der Waals surface area contributed by atoms with E-state index in [2.05, 4.69) is 10.6 Å². The summed E-state index contributed by atoms with van der Waals surface area (Å²) >= 11 is 0. The first-order chi connectivity index (χ1) is 17.2. The molecular formula is C29H26N2O4. The fourth-order valence-corrected chi connectivity index (χ4v) is 3.43. The van der Waals surface area contributed by atoms with Gasteiger partial charge in [-0.15, -0.1) is 0 Å². The Morgan fingerprint density at radius 3 is 1.51 bits per heavy atom. The molecule has 0 aliphatic carbocycles. The normalized spacial score (nSPS) is 10.3. The van der Waals surface area contributed by atoms with E-state index in [-0.39, 0.29) is 18.8 Å². The summed E-state index contributed by atoms with van der Waals surface area (Å²) in [6.07, 6.45) is 0. The minimum Gasteiger partial charge on any atom is -0.488 e. The van der Waals surface area contributed by atoms with Crippen LogP contribution in [0.2, 0.25) is 0 Å². The predicted octanol–water partition coefficient (Wildman–Crippen LogP) is 5.48. The summed E-state index contributed by atoms with van der Waals surface area (Å²) in [5.41, 5.74) is 2.99. The Morgan fingerprint density at radius 2 is 1.03 bits per heavy atom. The maximum Gasteiger partial charge on any atom is 0.321 e. The number of carbonyl (C=O) groups excluding carboxylic acids is 2. The minimum atomic E-state index is -0.609. The first kappa shape index (κ1) is 23.6. The summed E-state index contributed by atoms with van der Waals surface area (Å²) in [7, 11) is 0. The van der Waals surface area contributed by atoms with Gasteiger partial charge in [0.15, 0.2) is 0 Å². The fraction of sp³-hybridized carbons (Fsp3) is 0.103. The number of benzene rings is 4. The van der Waals surface area contributed by atoms with Gasteiger partial charge in [-0.1, -0.05) is 97.1 Å². The molecule has 4 aromatic carbocycles. The molecule has 35 heavy (non-hydrogen) atoms. The van der Waals surface area contributed by atoms with Crippen LogP contribution in [-0.4, -0.2) is 11.9 Å². The standard InChI is InChI=1S/C29H26N2O4/c32-28(31-29(33)30-19-22-11-4-1-5-12-22)27-25(34-20-23-13-6-2-7-14-23)17-10-18-26(27)35-21-24-15-8-3-9-16-24/h1-18H,19-21H2,(H2,30,31,32,33). The molecule has 0 saturated carbocycles. The van der Waals surface area contributed by atoms with E-state index in [1.807, 2.05) is 91.0 Å². The van der Waals surface area contributed by atoms with Crippen molar-refractivity contribution in [3.8, 4) is 11.5 Å². The molecule has 0 atom stereocenters. The van der Waals surface area contributed by atoms with Crippen LogP contribution in [-0.2, 0) is 19.8 Å². The average molecular weight is 467 g/mol. The van der Waals surface area contributed by atoms with E-state index >= 15 is 0 Å².